The average molecular weight is 257 g/mol. The SMILES string of the molecule is N#CC(CNC1CCC(=O)NC1=O)c1ccccc1. The lowest BCUT2D eigenvalue weighted by Crippen LogP contribution is -2.51. The topological polar surface area (TPSA) is 82.0 Å². The molecule has 1 aliphatic heterocycles. The summed E-state index contributed by atoms with van der Waals surface area (Å²) in [5.41, 5.74) is 0.921. The van der Waals surface area contributed by atoms with Crippen LogP contribution in [0.2, 0.25) is 0 Å². The minimum Gasteiger partial charge on any atom is -0.304 e. The third-order valence-electron chi connectivity index (χ3n) is 3.17. The summed E-state index contributed by atoms with van der Waals surface area (Å²) in [6, 6.07) is 11.3. The number of nitriles is 1. The lowest BCUT2D eigenvalue weighted by molar-refractivity contribution is -0.134. The molecule has 0 radical (unpaired) electrons. The van der Waals surface area contributed by atoms with Gasteiger partial charge < -0.3 is 5.32 Å². The van der Waals surface area contributed by atoms with Gasteiger partial charge in [-0.15, -0.1) is 0 Å². The Morgan fingerprint density at radius 1 is 1.37 bits per heavy atom. The number of rotatable bonds is 4. The van der Waals surface area contributed by atoms with E-state index in [0.717, 1.165) is 5.56 Å². The fraction of sp³-hybridized carbons (Fsp3) is 0.357. The summed E-state index contributed by atoms with van der Waals surface area (Å²) in [6.45, 7) is 0.396. The van der Waals surface area contributed by atoms with Gasteiger partial charge in [-0.2, -0.15) is 5.26 Å². The summed E-state index contributed by atoms with van der Waals surface area (Å²) >= 11 is 0. The fourth-order valence-electron chi connectivity index (χ4n) is 2.07. The Bertz CT molecular complexity index is 507. The van der Waals surface area contributed by atoms with Crippen molar-refractivity contribution in [3.8, 4) is 6.07 Å². The Kier molecular flexibility index (Phi) is 4.26. The van der Waals surface area contributed by atoms with E-state index in [4.69, 9.17) is 0 Å². The van der Waals surface area contributed by atoms with Crippen LogP contribution in [0.25, 0.3) is 0 Å². The molecule has 0 saturated carbocycles. The van der Waals surface area contributed by atoms with E-state index in [1.807, 2.05) is 30.3 Å². The summed E-state index contributed by atoms with van der Waals surface area (Å²) in [5.74, 6) is -0.837. The lowest BCUT2D eigenvalue weighted by Gasteiger charge is -2.23. The van der Waals surface area contributed by atoms with Crippen molar-refractivity contribution in [2.75, 3.05) is 6.54 Å². The van der Waals surface area contributed by atoms with Gasteiger partial charge in [0.25, 0.3) is 0 Å². The highest BCUT2D eigenvalue weighted by Crippen LogP contribution is 2.14. The molecular weight excluding hydrogens is 242 g/mol. The molecule has 2 unspecified atom stereocenters. The molecule has 1 heterocycles. The van der Waals surface area contributed by atoms with Crippen molar-refractivity contribution in [3.63, 3.8) is 0 Å². The Hall–Kier alpha value is -2.19. The molecule has 2 amide bonds. The average Bonchev–Trinajstić information content (AvgIpc) is 2.43. The predicted molar refractivity (Wildman–Crippen MR) is 69.0 cm³/mol. The molecule has 2 atom stereocenters. The largest absolute Gasteiger partial charge is 0.304 e. The molecule has 1 saturated heterocycles. The molecular formula is C14H15N3O2. The Morgan fingerprint density at radius 2 is 2.11 bits per heavy atom. The van der Waals surface area contributed by atoms with E-state index in [9.17, 15) is 14.9 Å². The minimum atomic E-state index is -0.391. The number of imide groups is 1. The Labute approximate surface area is 111 Å². The molecule has 2 N–H and O–H groups in total. The van der Waals surface area contributed by atoms with Gasteiger partial charge in [0.2, 0.25) is 11.8 Å². The second kappa shape index (κ2) is 6.12. The van der Waals surface area contributed by atoms with Gasteiger partial charge in [-0.05, 0) is 12.0 Å². The van der Waals surface area contributed by atoms with Crippen LogP contribution in [0, 0.1) is 11.3 Å². The van der Waals surface area contributed by atoms with E-state index in [1.54, 1.807) is 0 Å². The van der Waals surface area contributed by atoms with Crippen LogP contribution in [0.3, 0.4) is 0 Å². The van der Waals surface area contributed by atoms with Gasteiger partial charge in [-0.3, -0.25) is 14.9 Å². The third-order valence-corrected chi connectivity index (χ3v) is 3.17. The molecule has 0 spiro atoms. The maximum atomic E-state index is 11.6. The zero-order valence-electron chi connectivity index (χ0n) is 10.4. The number of nitrogens with one attached hydrogen (secondary N) is 2. The molecule has 19 heavy (non-hydrogen) atoms. The molecule has 0 bridgehead atoms. The summed E-state index contributed by atoms with van der Waals surface area (Å²) in [7, 11) is 0. The lowest BCUT2D eigenvalue weighted by atomic mass is 9.99. The summed E-state index contributed by atoms with van der Waals surface area (Å²) in [6.07, 6.45) is 0.823. The van der Waals surface area contributed by atoms with Crippen LogP contribution in [0.15, 0.2) is 30.3 Å². The first-order chi connectivity index (χ1) is 9.20. The van der Waals surface area contributed by atoms with Gasteiger partial charge in [0, 0.05) is 13.0 Å². The fourth-order valence-corrected chi connectivity index (χ4v) is 2.07. The first-order valence-electron chi connectivity index (χ1n) is 6.22. The summed E-state index contributed by atoms with van der Waals surface area (Å²) < 4.78 is 0. The number of amides is 2. The highest BCUT2D eigenvalue weighted by atomic mass is 16.2. The molecule has 5 nitrogen and oxygen atoms in total. The van der Waals surface area contributed by atoms with E-state index < -0.39 is 6.04 Å². The van der Waals surface area contributed by atoms with Crippen LogP contribution >= 0.6 is 0 Å². The molecule has 1 fully saturated rings. The first-order valence-corrected chi connectivity index (χ1v) is 6.22. The van der Waals surface area contributed by atoms with Gasteiger partial charge in [0.05, 0.1) is 18.0 Å². The summed E-state index contributed by atoms with van der Waals surface area (Å²) in [5, 5.41) is 14.5. The molecule has 98 valence electrons. The van der Waals surface area contributed by atoms with Crippen LogP contribution in [0.5, 0.6) is 0 Å². The highest BCUT2D eigenvalue weighted by molar-refractivity contribution is 6.00. The number of piperidine rings is 1. The van der Waals surface area contributed by atoms with Crippen LogP contribution in [0.4, 0.5) is 0 Å². The Morgan fingerprint density at radius 3 is 2.74 bits per heavy atom. The zero-order valence-corrected chi connectivity index (χ0v) is 10.4. The molecule has 0 aliphatic carbocycles. The number of carbonyl (C=O) groups excluding carboxylic acids is 2. The Balaban J connectivity index is 1.92. The van der Waals surface area contributed by atoms with Crippen LogP contribution < -0.4 is 10.6 Å². The van der Waals surface area contributed by atoms with Gasteiger partial charge in [-0.1, -0.05) is 30.3 Å². The number of carbonyl (C=O) groups is 2. The number of hydrogen-bond acceptors (Lipinski definition) is 4. The number of benzene rings is 1. The summed E-state index contributed by atoms with van der Waals surface area (Å²) in [4.78, 5) is 22.6. The van der Waals surface area contributed by atoms with Crippen molar-refractivity contribution in [3.05, 3.63) is 35.9 Å². The van der Waals surface area contributed by atoms with Crippen LogP contribution in [0.1, 0.15) is 24.3 Å². The standard InChI is InChI=1S/C14H15N3O2/c15-8-11(10-4-2-1-3-5-10)9-16-12-6-7-13(18)17-14(12)19/h1-5,11-12,16H,6-7,9H2,(H,17,18,19). The molecule has 0 aromatic heterocycles. The van der Waals surface area contributed by atoms with Crippen LogP contribution in [-0.2, 0) is 9.59 Å². The van der Waals surface area contributed by atoms with Crippen molar-refractivity contribution in [2.24, 2.45) is 0 Å². The predicted octanol–water partition coefficient (Wildman–Crippen LogP) is 0.689. The highest BCUT2D eigenvalue weighted by Gasteiger charge is 2.26. The molecule has 5 heteroatoms. The normalized spacial score (nSPS) is 20.5. The van der Waals surface area contributed by atoms with E-state index in [1.165, 1.54) is 0 Å². The van der Waals surface area contributed by atoms with E-state index in [0.29, 0.717) is 19.4 Å². The van der Waals surface area contributed by atoms with Gasteiger partial charge in [0.15, 0.2) is 0 Å². The van der Waals surface area contributed by atoms with Gasteiger partial charge in [0.1, 0.15) is 0 Å². The maximum Gasteiger partial charge on any atom is 0.243 e. The quantitative estimate of drug-likeness (QED) is 0.777. The first kappa shape index (κ1) is 13.2. The molecule has 2 rings (SSSR count). The maximum absolute atomic E-state index is 11.6. The van der Waals surface area contributed by atoms with Gasteiger partial charge >= 0.3 is 0 Å². The van der Waals surface area contributed by atoms with E-state index in [2.05, 4.69) is 16.7 Å². The number of hydrogen-bond donors (Lipinski definition) is 2. The third kappa shape index (κ3) is 3.39. The van der Waals surface area contributed by atoms with Crippen molar-refractivity contribution in [1.29, 1.82) is 5.26 Å². The second-order valence-corrected chi connectivity index (χ2v) is 4.50. The zero-order chi connectivity index (χ0) is 13.7. The molecule has 1 aliphatic rings. The minimum absolute atomic E-state index is 0.233. The van der Waals surface area contributed by atoms with Crippen molar-refractivity contribution in [2.45, 2.75) is 24.8 Å². The molecule has 1 aromatic rings. The monoisotopic (exact) mass is 257 g/mol. The van der Waals surface area contributed by atoms with Crippen molar-refractivity contribution >= 4 is 11.8 Å². The van der Waals surface area contributed by atoms with Crippen molar-refractivity contribution in [1.82, 2.24) is 10.6 Å². The van der Waals surface area contributed by atoms with E-state index >= 15 is 0 Å². The smallest absolute Gasteiger partial charge is 0.243 e. The van der Waals surface area contributed by atoms with Crippen LogP contribution in [-0.4, -0.2) is 24.4 Å². The second-order valence-electron chi connectivity index (χ2n) is 4.50. The molecule has 1 aromatic carbocycles. The van der Waals surface area contributed by atoms with E-state index in [-0.39, 0.29) is 17.7 Å². The van der Waals surface area contributed by atoms with Crippen molar-refractivity contribution < 1.29 is 9.59 Å². The number of nitrogens with zero attached hydrogens (tertiary/aromatic N) is 1. The van der Waals surface area contributed by atoms with Gasteiger partial charge in [-0.25, -0.2) is 0 Å².